The molecule has 28 heavy (non-hydrogen) atoms. The van der Waals surface area contributed by atoms with Crippen LogP contribution in [0.5, 0.6) is 5.75 Å². The van der Waals surface area contributed by atoms with Crippen molar-refractivity contribution in [1.82, 2.24) is 5.01 Å². The first-order valence-corrected chi connectivity index (χ1v) is 9.04. The summed E-state index contributed by atoms with van der Waals surface area (Å²) in [4.78, 5) is 25.0. The minimum Gasteiger partial charge on any atom is -0.483 e. The second-order valence-corrected chi connectivity index (χ2v) is 6.89. The zero-order chi connectivity index (χ0) is 19.6. The minimum atomic E-state index is -1.00. The zero-order valence-electron chi connectivity index (χ0n) is 15.4. The van der Waals surface area contributed by atoms with Crippen molar-refractivity contribution in [3.8, 4) is 5.75 Å². The molecular formula is C22H20N2O4. The summed E-state index contributed by atoms with van der Waals surface area (Å²) >= 11 is 0. The molecule has 1 fully saturated rings. The molecule has 6 heteroatoms. The van der Waals surface area contributed by atoms with Crippen LogP contribution in [0.25, 0.3) is 0 Å². The number of imide groups is 1. The molecule has 0 spiro atoms. The predicted octanol–water partition coefficient (Wildman–Crippen LogP) is 4.08. The first-order valence-electron chi connectivity index (χ1n) is 9.04. The van der Waals surface area contributed by atoms with Gasteiger partial charge in [0.2, 0.25) is 6.10 Å². The standard InChI is InChI=1S/C22H20N2O4/c1-22(28-18-12-6-3-7-13-18)14-8-9-16(15-22)19-20(25)24(21(26)27-19)23-17-10-4-2-5-11-17/h2-13,15,19,23H,14H2,1H3. The number of amides is 2. The summed E-state index contributed by atoms with van der Waals surface area (Å²) in [5.74, 6) is 0.270. The van der Waals surface area contributed by atoms with Gasteiger partial charge in [0.25, 0.3) is 5.91 Å². The summed E-state index contributed by atoms with van der Waals surface area (Å²) in [6.07, 6.45) is 4.49. The molecule has 0 radical (unpaired) electrons. The molecule has 6 nitrogen and oxygen atoms in total. The van der Waals surface area contributed by atoms with Gasteiger partial charge in [-0.3, -0.25) is 10.2 Å². The van der Waals surface area contributed by atoms with Gasteiger partial charge in [0, 0.05) is 12.0 Å². The fourth-order valence-electron chi connectivity index (χ4n) is 3.24. The normalized spacial score (nSPS) is 24.0. The number of ether oxygens (including phenoxy) is 2. The molecule has 1 saturated heterocycles. The Hall–Kier alpha value is -3.54. The second kappa shape index (κ2) is 7.23. The van der Waals surface area contributed by atoms with Crippen molar-refractivity contribution in [2.75, 3.05) is 5.43 Å². The number of cyclic esters (lactones) is 1. The third-order valence-corrected chi connectivity index (χ3v) is 4.56. The van der Waals surface area contributed by atoms with Gasteiger partial charge >= 0.3 is 6.09 Å². The van der Waals surface area contributed by atoms with Crippen LogP contribution in [0.15, 0.2) is 84.5 Å². The maximum atomic E-state index is 12.8. The highest BCUT2D eigenvalue weighted by molar-refractivity contribution is 6.03. The molecule has 1 heterocycles. The van der Waals surface area contributed by atoms with Crippen molar-refractivity contribution in [3.05, 3.63) is 84.5 Å². The van der Waals surface area contributed by atoms with Gasteiger partial charge in [0.05, 0.1) is 5.69 Å². The number of benzene rings is 2. The van der Waals surface area contributed by atoms with Crippen molar-refractivity contribution in [2.24, 2.45) is 0 Å². The van der Waals surface area contributed by atoms with E-state index in [0.717, 1.165) is 10.8 Å². The van der Waals surface area contributed by atoms with E-state index >= 15 is 0 Å². The Kier molecular flexibility index (Phi) is 4.61. The van der Waals surface area contributed by atoms with E-state index in [2.05, 4.69) is 5.43 Å². The minimum absolute atomic E-state index is 0.464. The molecule has 1 aliphatic heterocycles. The van der Waals surface area contributed by atoms with Crippen LogP contribution in [0.1, 0.15) is 13.3 Å². The number of anilines is 1. The Labute approximate surface area is 163 Å². The Bertz CT molecular complexity index is 940. The molecule has 2 atom stereocenters. The van der Waals surface area contributed by atoms with Crippen LogP contribution < -0.4 is 10.2 Å². The van der Waals surface area contributed by atoms with E-state index in [0.29, 0.717) is 17.7 Å². The van der Waals surface area contributed by atoms with Crippen molar-refractivity contribution in [1.29, 1.82) is 0 Å². The van der Waals surface area contributed by atoms with Gasteiger partial charge in [-0.2, -0.15) is 5.01 Å². The fraction of sp³-hybridized carbons (Fsp3) is 0.182. The molecule has 0 bridgehead atoms. The molecule has 142 valence electrons. The predicted molar refractivity (Wildman–Crippen MR) is 104 cm³/mol. The molecule has 1 N–H and O–H groups in total. The van der Waals surface area contributed by atoms with E-state index in [4.69, 9.17) is 9.47 Å². The van der Waals surface area contributed by atoms with Crippen molar-refractivity contribution in [2.45, 2.75) is 25.0 Å². The molecular weight excluding hydrogens is 356 g/mol. The SMILES string of the molecule is CC1(Oc2ccccc2)C=C(C2OC(=O)N(Nc3ccccc3)C2=O)C=CC1. The third kappa shape index (κ3) is 3.62. The van der Waals surface area contributed by atoms with Crippen LogP contribution in [0, 0.1) is 0 Å². The van der Waals surface area contributed by atoms with Gasteiger partial charge in [-0.1, -0.05) is 48.6 Å². The van der Waals surface area contributed by atoms with Gasteiger partial charge in [0.1, 0.15) is 11.4 Å². The van der Waals surface area contributed by atoms with E-state index in [-0.39, 0.29) is 0 Å². The topological polar surface area (TPSA) is 67.9 Å². The number of nitrogens with one attached hydrogen (secondary N) is 1. The van der Waals surface area contributed by atoms with E-state index in [9.17, 15) is 9.59 Å². The summed E-state index contributed by atoms with van der Waals surface area (Å²) in [5, 5.41) is 0.901. The lowest BCUT2D eigenvalue weighted by Crippen LogP contribution is -2.38. The molecule has 2 aromatic rings. The summed E-state index contributed by atoms with van der Waals surface area (Å²) in [6, 6.07) is 18.5. The molecule has 2 unspecified atom stereocenters. The van der Waals surface area contributed by atoms with Gasteiger partial charge in [0.15, 0.2) is 0 Å². The molecule has 0 aromatic heterocycles. The first kappa shape index (κ1) is 17.9. The van der Waals surface area contributed by atoms with Crippen molar-refractivity contribution < 1.29 is 19.1 Å². The van der Waals surface area contributed by atoms with Crippen LogP contribution in [0.2, 0.25) is 0 Å². The van der Waals surface area contributed by atoms with Crippen molar-refractivity contribution >= 4 is 17.7 Å². The monoisotopic (exact) mass is 376 g/mol. The van der Waals surface area contributed by atoms with Crippen molar-refractivity contribution in [3.63, 3.8) is 0 Å². The smallest absolute Gasteiger partial charge is 0.437 e. The molecule has 2 amide bonds. The fourth-order valence-corrected chi connectivity index (χ4v) is 3.24. The quantitative estimate of drug-likeness (QED) is 0.851. The third-order valence-electron chi connectivity index (χ3n) is 4.56. The highest BCUT2D eigenvalue weighted by Gasteiger charge is 2.44. The van der Waals surface area contributed by atoms with Gasteiger partial charge in [-0.05, 0) is 37.3 Å². The highest BCUT2D eigenvalue weighted by Crippen LogP contribution is 2.31. The largest absolute Gasteiger partial charge is 0.483 e. The lowest BCUT2D eigenvalue weighted by atomic mass is 9.90. The number of hydrazine groups is 1. The van der Waals surface area contributed by atoms with E-state index in [1.54, 1.807) is 18.2 Å². The summed E-state index contributed by atoms with van der Waals surface area (Å²) < 4.78 is 11.4. The Morgan fingerprint density at radius 2 is 1.75 bits per heavy atom. The van der Waals surface area contributed by atoms with Crippen LogP contribution in [0.4, 0.5) is 10.5 Å². The number of carbonyl (C=O) groups excluding carboxylic acids is 2. The zero-order valence-corrected chi connectivity index (χ0v) is 15.4. The lowest BCUT2D eigenvalue weighted by Gasteiger charge is -2.30. The van der Waals surface area contributed by atoms with Crippen LogP contribution in [0.3, 0.4) is 0 Å². The molecule has 1 aliphatic carbocycles. The molecule has 2 aliphatic rings. The molecule has 0 saturated carbocycles. The number of para-hydroxylation sites is 2. The second-order valence-electron chi connectivity index (χ2n) is 6.89. The maximum Gasteiger partial charge on any atom is 0.437 e. The summed E-state index contributed by atoms with van der Waals surface area (Å²) in [7, 11) is 0. The first-order chi connectivity index (χ1) is 13.5. The highest BCUT2D eigenvalue weighted by atomic mass is 16.6. The maximum absolute atomic E-state index is 12.8. The average molecular weight is 376 g/mol. The molecule has 2 aromatic carbocycles. The molecule has 4 rings (SSSR count). The Balaban J connectivity index is 1.53. The number of rotatable bonds is 5. The van der Waals surface area contributed by atoms with Crippen LogP contribution >= 0.6 is 0 Å². The van der Waals surface area contributed by atoms with Crippen LogP contribution in [-0.2, 0) is 9.53 Å². The van der Waals surface area contributed by atoms with E-state index in [1.165, 1.54) is 0 Å². The van der Waals surface area contributed by atoms with Gasteiger partial charge in [-0.25, -0.2) is 4.79 Å². The summed E-state index contributed by atoms with van der Waals surface area (Å²) in [6.45, 7) is 1.94. The number of hydrogen-bond donors (Lipinski definition) is 1. The van der Waals surface area contributed by atoms with E-state index < -0.39 is 23.7 Å². The average Bonchev–Trinajstić information content (AvgIpc) is 2.97. The van der Waals surface area contributed by atoms with E-state index in [1.807, 2.05) is 67.6 Å². The Morgan fingerprint density at radius 1 is 1.07 bits per heavy atom. The number of carbonyl (C=O) groups is 2. The Morgan fingerprint density at radius 3 is 2.46 bits per heavy atom. The van der Waals surface area contributed by atoms with Gasteiger partial charge < -0.3 is 9.47 Å². The number of nitrogens with zero attached hydrogens (tertiary/aromatic N) is 1. The van der Waals surface area contributed by atoms with Gasteiger partial charge in [-0.15, -0.1) is 0 Å². The van der Waals surface area contributed by atoms with Crippen LogP contribution in [-0.4, -0.2) is 28.7 Å². The number of hydrogen-bond acceptors (Lipinski definition) is 5. The summed E-state index contributed by atoms with van der Waals surface area (Å²) in [5.41, 5.74) is 3.38. The lowest BCUT2D eigenvalue weighted by molar-refractivity contribution is -0.127.